The van der Waals surface area contributed by atoms with Gasteiger partial charge in [-0.3, -0.25) is 10.1 Å². The molecule has 0 radical (unpaired) electrons. The summed E-state index contributed by atoms with van der Waals surface area (Å²) in [5.74, 6) is 0.00772. The molecule has 2 N–H and O–H groups in total. The molecule has 0 aromatic carbocycles. The summed E-state index contributed by atoms with van der Waals surface area (Å²) in [5, 5.41) is 4.90. The van der Waals surface area contributed by atoms with Crippen molar-refractivity contribution in [1.82, 2.24) is 10.6 Å². The normalized spacial score (nSPS) is 25.9. The Morgan fingerprint density at radius 1 is 1.43 bits per heavy atom. The number of amides is 3. The highest BCUT2D eigenvalue weighted by molar-refractivity contribution is 6.28. The van der Waals surface area contributed by atoms with Crippen LogP contribution in [-0.2, 0) is 4.79 Å². The van der Waals surface area contributed by atoms with Crippen LogP contribution in [0.25, 0.3) is 0 Å². The summed E-state index contributed by atoms with van der Waals surface area (Å²) < 4.78 is 0. The number of nitrogens with one attached hydrogen (secondary N) is 2. The van der Waals surface area contributed by atoms with E-state index in [9.17, 15) is 9.59 Å². The van der Waals surface area contributed by atoms with Gasteiger partial charge in [0.25, 0.3) is 0 Å². The summed E-state index contributed by atoms with van der Waals surface area (Å²) in [6, 6.07) is -0.233. The Morgan fingerprint density at radius 3 is 2.64 bits per heavy atom. The lowest BCUT2D eigenvalue weighted by Crippen LogP contribution is -2.44. The van der Waals surface area contributed by atoms with Gasteiger partial charge in [-0.05, 0) is 25.2 Å². The van der Waals surface area contributed by atoms with Gasteiger partial charge in [-0.2, -0.15) is 0 Å². The highest BCUT2D eigenvalue weighted by atomic mass is 35.5. The molecule has 14 heavy (non-hydrogen) atoms. The number of imide groups is 1. The van der Waals surface area contributed by atoms with Crippen LogP contribution in [0, 0.1) is 5.92 Å². The van der Waals surface area contributed by atoms with E-state index in [0.717, 1.165) is 19.3 Å². The first-order valence-corrected chi connectivity index (χ1v) is 5.31. The molecule has 5 heteroatoms. The second kappa shape index (κ2) is 5.20. The van der Waals surface area contributed by atoms with E-state index in [-0.39, 0.29) is 11.9 Å². The Bertz CT molecular complexity index is 233. The molecule has 0 bridgehead atoms. The van der Waals surface area contributed by atoms with E-state index in [0.29, 0.717) is 5.92 Å². The predicted octanol–water partition coefficient (Wildman–Crippen LogP) is 1.24. The molecule has 0 aromatic heterocycles. The zero-order valence-electron chi connectivity index (χ0n) is 8.18. The van der Waals surface area contributed by atoms with Gasteiger partial charge in [-0.15, -0.1) is 11.6 Å². The van der Waals surface area contributed by atoms with Crippen LogP contribution in [0.1, 0.15) is 26.2 Å². The first-order chi connectivity index (χ1) is 6.61. The monoisotopic (exact) mass is 218 g/mol. The van der Waals surface area contributed by atoms with Crippen molar-refractivity contribution in [3.8, 4) is 0 Å². The van der Waals surface area contributed by atoms with Gasteiger partial charge >= 0.3 is 6.03 Å². The van der Waals surface area contributed by atoms with Crippen LogP contribution in [0.3, 0.4) is 0 Å². The van der Waals surface area contributed by atoms with Crippen molar-refractivity contribution in [1.29, 1.82) is 0 Å². The number of rotatable bonds is 2. The SMILES string of the molecule is CC1CCC(NC(=O)NC(=O)CCl)C1. The van der Waals surface area contributed by atoms with Gasteiger partial charge in [0.1, 0.15) is 5.88 Å². The summed E-state index contributed by atoms with van der Waals surface area (Å²) in [6.07, 6.45) is 3.11. The zero-order chi connectivity index (χ0) is 10.6. The van der Waals surface area contributed by atoms with Crippen molar-refractivity contribution in [3.05, 3.63) is 0 Å². The molecule has 1 rings (SSSR count). The van der Waals surface area contributed by atoms with E-state index in [2.05, 4.69) is 17.6 Å². The molecule has 2 unspecified atom stereocenters. The fourth-order valence-electron chi connectivity index (χ4n) is 1.72. The predicted molar refractivity (Wildman–Crippen MR) is 54.2 cm³/mol. The summed E-state index contributed by atoms with van der Waals surface area (Å²) in [7, 11) is 0. The minimum absolute atomic E-state index is 0.186. The summed E-state index contributed by atoms with van der Waals surface area (Å²) in [6.45, 7) is 2.16. The number of alkyl halides is 1. The molecular weight excluding hydrogens is 204 g/mol. The molecule has 0 aromatic rings. The third-order valence-electron chi connectivity index (χ3n) is 2.40. The Morgan fingerprint density at radius 2 is 2.14 bits per heavy atom. The third-order valence-corrected chi connectivity index (χ3v) is 2.65. The van der Waals surface area contributed by atoms with E-state index in [1.807, 2.05) is 0 Å². The molecule has 1 aliphatic rings. The number of urea groups is 1. The van der Waals surface area contributed by atoms with Gasteiger partial charge in [0.2, 0.25) is 5.91 Å². The minimum Gasteiger partial charge on any atom is -0.335 e. The maximum Gasteiger partial charge on any atom is 0.321 e. The van der Waals surface area contributed by atoms with Crippen molar-refractivity contribution in [2.45, 2.75) is 32.2 Å². The van der Waals surface area contributed by atoms with Crippen molar-refractivity contribution >= 4 is 23.5 Å². The smallest absolute Gasteiger partial charge is 0.321 e. The topological polar surface area (TPSA) is 58.2 Å². The number of hydrogen-bond acceptors (Lipinski definition) is 2. The second-order valence-corrected chi connectivity index (χ2v) is 4.04. The molecular formula is C9H15ClN2O2. The van der Waals surface area contributed by atoms with Crippen molar-refractivity contribution < 1.29 is 9.59 Å². The number of hydrogen-bond donors (Lipinski definition) is 2. The van der Waals surface area contributed by atoms with E-state index in [1.54, 1.807) is 0 Å². The lowest BCUT2D eigenvalue weighted by Gasteiger charge is -2.12. The fraction of sp³-hybridized carbons (Fsp3) is 0.778. The molecule has 1 saturated carbocycles. The Balaban J connectivity index is 2.23. The first kappa shape index (κ1) is 11.3. The van der Waals surface area contributed by atoms with Crippen LogP contribution in [-0.4, -0.2) is 23.9 Å². The van der Waals surface area contributed by atoms with Gasteiger partial charge in [-0.1, -0.05) is 6.92 Å². The Hall–Kier alpha value is -0.770. The first-order valence-electron chi connectivity index (χ1n) is 4.78. The maximum atomic E-state index is 11.2. The molecule has 3 amide bonds. The van der Waals surface area contributed by atoms with E-state index < -0.39 is 11.9 Å². The van der Waals surface area contributed by atoms with Crippen LogP contribution in [0.15, 0.2) is 0 Å². The van der Waals surface area contributed by atoms with Crippen LogP contribution < -0.4 is 10.6 Å². The lowest BCUT2D eigenvalue weighted by molar-refractivity contribution is -0.117. The Labute approximate surface area is 88.4 Å². The highest BCUT2D eigenvalue weighted by Crippen LogP contribution is 2.24. The second-order valence-electron chi connectivity index (χ2n) is 3.77. The largest absolute Gasteiger partial charge is 0.335 e. The molecule has 0 saturated heterocycles. The van der Waals surface area contributed by atoms with Crippen molar-refractivity contribution in [3.63, 3.8) is 0 Å². The molecule has 1 fully saturated rings. The summed E-state index contributed by atoms with van der Waals surface area (Å²) >= 11 is 5.24. The fourth-order valence-corrected chi connectivity index (χ4v) is 1.79. The van der Waals surface area contributed by atoms with Gasteiger partial charge in [0.05, 0.1) is 0 Å². The summed E-state index contributed by atoms with van der Waals surface area (Å²) in [4.78, 5) is 21.9. The molecule has 4 nitrogen and oxygen atoms in total. The minimum atomic E-state index is -0.463. The molecule has 0 spiro atoms. The van der Waals surface area contributed by atoms with E-state index in [4.69, 9.17) is 11.6 Å². The van der Waals surface area contributed by atoms with E-state index in [1.165, 1.54) is 0 Å². The molecule has 2 atom stereocenters. The average Bonchev–Trinajstić information content (AvgIpc) is 2.50. The number of halogens is 1. The van der Waals surface area contributed by atoms with Crippen molar-refractivity contribution in [2.24, 2.45) is 5.92 Å². The zero-order valence-corrected chi connectivity index (χ0v) is 8.93. The average molecular weight is 219 g/mol. The third kappa shape index (κ3) is 3.54. The summed E-state index contributed by atoms with van der Waals surface area (Å²) in [5.41, 5.74) is 0. The quantitative estimate of drug-likeness (QED) is 0.686. The molecule has 1 aliphatic carbocycles. The van der Waals surface area contributed by atoms with Crippen LogP contribution in [0.5, 0.6) is 0 Å². The maximum absolute atomic E-state index is 11.2. The Kier molecular flexibility index (Phi) is 4.20. The van der Waals surface area contributed by atoms with Crippen LogP contribution >= 0.6 is 11.6 Å². The van der Waals surface area contributed by atoms with Crippen LogP contribution in [0.4, 0.5) is 4.79 Å². The van der Waals surface area contributed by atoms with Crippen LogP contribution in [0.2, 0.25) is 0 Å². The number of carbonyl (C=O) groups excluding carboxylic acids is 2. The molecule has 0 aliphatic heterocycles. The van der Waals surface area contributed by atoms with Gasteiger partial charge < -0.3 is 5.32 Å². The highest BCUT2D eigenvalue weighted by Gasteiger charge is 2.22. The van der Waals surface area contributed by atoms with Crippen molar-refractivity contribution in [2.75, 3.05) is 5.88 Å². The van der Waals surface area contributed by atoms with Gasteiger partial charge in [0, 0.05) is 6.04 Å². The van der Waals surface area contributed by atoms with Gasteiger partial charge in [0.15, 0.2) is 0 Å². The molecule has 0 heterocycles. The number of carbonyl (C=O) groups is 2. The van der Waals surface area contributed by atoms with E-state index >= 15 is 0 Å². The standard InChI is InChI=1S/C9H15ClN2O2/c1-6-2-3-7(4-6)11-9(14)12-8(13)5-10/h6-7H,2-5H2,1H3,(H2,11,12,13,14). The lowest BCUT2D eigenvalue weighted by atomic mass is 10.1. The van der Waals surface area contributed by atoms with Gasteiger partial charge in [-0.25, -0.2) is 4.79 Å². The molecule has 80 valence electrons.